The fourth-order valence-electron chi connectivity index (χ4n) is 2.72. The summed E-state index contributed by atoms with van der Waals surface area (Å²) < 4.78 is 27.9. The largest absolute Gasteiger partial charge is 0.352 e. The first-order valence-electron chi connectivity index (χ1n) is 8.61. The molecule has 28 heavy (non-hydrogen) atoms. The van der Waals surface area contributed by atoms with Crippen LogP contribution in [0.4, 0.5) is 8.78 Å². The van der Waals surface area contributed by atoms with Crippen LogP contribution in [0, 0.1) is 17.6 Å². The molecule has 0 aromatic heterocycles. The van der Waals surface area contributed by atoms with Crippen LogP contribution >= 0.6 is 0 Å². The van der Waals surface area contributed by atoms with Gasteiger partial charge in [0.15, 0.2) is 0 Å². The number of carbonyl (C=O) groups excluding carboxylic acids is 3. The molecule has 1 aliphatic rings. The van der Waals surface area contributed by atoms with Crippen molar-refractivity contribution in [1.82, 2.24) is 10.6 Å². The van der Waals surface area contributed by atoms with Gasteiger partial charge in [-0.1, -0.05) is 18.2 Å². The quantitative estimate of drug-likeness (QED) is 0.775. The molecule has 0 bridgehead atoms. The highest BCUT2D eigenvalue weighted by Crippen LogP contribution is 2.26. The zero-order valence-electron chi connectivity index (χ0n) is 15.0. The molecule has 144 valence electrons. The van der Waals surface area contributed by atoms with Gasteiger partial charge in [-0.2, -0.15) is 4.99 Å². The molecule has 0 fully saturated rings. The van der Waals surface area contributed by atoms with Crippen molar-refractivity contribution >= 4 is 23.6 Å². The molecule has 2 N–H and O–H groups in total. The third-order valence-electron chi connectivity index (χ3n) is 4.30. The van der Waals surface area contributed by atoms with Crippen molar-refractivity contribution in [3.8, 4) is 11.1 Å². The molecular weight excluding hydrogens is 368 g/mol. The molecule has 3 rings (SSSR count). The van der Waals surface area contributed by atoms with Crippen LogP contribution < -0.4 is 10.6 Å². The van der Waals surface area contributed by atoms with E-state index in [0.717, 1.165) is 12.1 Å². The highest BCUT2D eigenvalue weighted by atomic mass is 19.1. The van der Waals surface area contributed by atoms with Gasteiger partial charge in [0.05, 0.1) is 5.56 Å². The zero-order valence-corrected chi connectivity index (χ0v) is 15.0. The molecule has 0 radical (unpaired) electrons. The molecule has 0 aliphatic carbocycles. The lowest BCUT2D eigenvalue weighted by Gasteiger charge is -2.17. The van der Waals surface area contributed by atoms with Crippen molar-refractivity contribution in [3.05, 3.63) is 59.7 Å². The Morgan fingerprint density at radius 2 is 1.82 bits per heavy atom. The number of benzene rings is 2. The average molecular weight is 385 g/mol. The summed E-state index contributed by atoms with van der Waals surface area (Å²) in [6.07, 6.45) is 0.164. The van der Waals surface area contributed by atoms with E-state index in [2.05, 4.69) is 15.6 Å². The summed E-state index contributed by atoms with van der Waals surface area (Å²) in [5, 5.41) is 5.13. The van der Waals surface area contributed by atoms with Crippen molar-refractivity contribution in [1.29, 1.82) is 0 Å². The maximum atomic E-state index is 14.0. The number of aliphatic imine (C=N–C) groups is 1. The summed E-state index contributed by atoms with van der Waals surface area (Å²) in [5.41, 5.74) is 0.260. The van der Waals surface area contributed by atoms with E-state index < -0.39 is 35.3 Å². The summed E-state index contributed by atoms with van der Waals surface area (Å²) in [6, 6.07) is 9.51. The molecule has 1 unspecified atom stereocenters. The van der Waals surface area contributed by atoms with Crippen LogP contribution in [0.25, 0.3) is 11.1 Å². The van der Waals surface area contributed by atoms with Crippen molar-refractivity contribution in [2.24, 2.45) is 10.9 Å². The van der Waals surface area contributed by atoms with Gasteiger partial charge in [-0.15, -0.1) is 0 Å². The number of nitrogens with one attached hydrogen (secondary N) is 2. The van der Waals surface area contributed by atoms with E-state index in [0.29, 0.717) is 0 Å². The number of amides is 3. The predicted molar refractivity (Wildman–Crippen MR) is 98.5 cm³/mol. The standard InChI is InChI=1S/C20H17F2N3O3/c1-11-18(26)24-16(25-19(11)27)8-9-23-20(28)13-5-2-4-12(10-13)17-14(21)6-3-7-15(17)22/h2-7,10-11H,8-9H2,1H3,(H,23,28)(H,24,25,26,27). The second kappa shape index (κ2) is 8.08. The topological polar surface area (TPSA) is 87.6 Å². The van der Waals surface area contributed by atoms with Crippen LogP contribution in [0.3, 0.4) is 0 Å². The predicted octanol–water partition coefficient (Wildman–Crippen LogP) is 2.44. The number of halogens is 2. The van der Waals surface area contributed by atoms with Crippen LogP contribution in [0.15, 0.2) is 47.5 Å². The molecule has 1 aliphatic heterocycles. The van der Waals surface area contributed by atoms with Crippen molar-refractivity contribution in [2.45, 2.75) is 13.3 Å². The van der Waals surface area contributed by atoms with Gasteiger partial charge in [-0.05, 0) is 36.8 Å². The molecule has 6 nitrogen and oxygen atoms in total. The molecule has 1 heterocycles. The van der Waals surface area contributed by atoms with Gasteiger partial charge < -0.3 is 10.6 Å². The van der Waals surface area contributed by atoms with Crippen LogP contribution in [-0.4, -0.2) is 30.1 Å². The summed E-state index contributed by atoms with van der Waals surface area (Å²) in [7, 11) is 0. The number of amidine groups is 1. The summed E-state index contributed by atoms with van der Waals surface area (Å²) in [5.74, 6) is -3.48. The number of rotatable bonds is 5. The highest BCUT2D eigenvalue weighted by molar-refractivity contribution is 6.15. The Kier molecular flexibility index (Phi) is 5.58. The normalized spacial score (nSPS) is 16.4. The average Bonchev–Trinajstić information content (AvgIpc) is 2.66. The summed E-state index contributed by atoms with van der Waals surface area (Å²) >= 11 is 0. The molecule has 0 saturated carbocycles. The lowest BCUT2D eigenvalue weighted by Crippen LogP contribution is -2.43. The molecule has 8 heteroatoms. The number of hydrogen-bond acceptors (Lipinski definition) is 3. The lowest BCUT2D eigenvalue weighted by molar-refractivity contribution is -0.132. The summed E-state index contributed by atoms with van der Waals surface area (Å²) in [4.78, 5) is 39.3. The van der Waals surface area contributed by atoms with E-state index in [1.165, 1.54) is 37.3 Å². The Labute approximate surface area is 159 Å². The van der Waals surface area contributed by atoms with E-state index in [-0.39, 0.29) is 35.5 Å². The molecule has 0 saturated heterocycles. The van der Waals surface area contributed by atoms with Gasteiger partial charge in [-0.3, -0.25) is 14.4 Å². The third kappa shape index (κ3) is 4.11. The van der Waals surface area contributed by atoms with E-state index in [1.54, 1.807) is 0 Å². The SMILES string of the molecule is CC1C(=O)N=C(CCNC(=O)c2cccc(-c3c(F)cccc3F)c2)NC1=O. The Morgan fingerprint density at radius 1 is 1.14 bits per heavy atom. The Bertz CT molecular complexity index is 968. The monoisotopic (exact) mass is 385 g/mol. The number of nitrogens with zero attached hydrogens (tertiary/aromatic N) is 1. The van der Waals surface area contributed by atoms with Gasteiger partial charge in [0.2, 0.25) is 5.91 Å². The van der Waals surface area contributed by atoms with Crippen molar-refractivity contribution in [2.75, 3.05) is 6.54 Å². The maximum Gasteiger partial charge on any atom is 0.259 e. The Morgan fingerprint density at radius 3 is 2.50 bits per heavy atom. The molecular formula is C20H17F2N3O3. The number of hydrogen-bond donors (Lipinski definition) is 2. The smallest absolute Gasteiger partial charge is 0.259 e. The van der Waals surface area contributed by atoms with Crippen LogP contribution in [-0.2, 0) is 9.59 Å². The molecule has 1 atom stereocenters. The van der Waals surface area contributed by atoms with E-state index >= 15 is 0 Å². The second-order valence-electron chi connectivity index (χ2n) is 6.29. The Balaban J connectivity index is 1.67. The zero-order chi connectivity index (χ0) is 20.3. The van der Waals surface area contributed by atoms with Crippen LogP contribution in [0.5, 0.6) is 0 Å². The third-order valence-corrected chi connectivity index (χ3v) is 4.30. The minimum absolute atomic E-state index is 0.123. The first-order chi connectivity index (χ1) is 13.4. The van der Waals surface area contributed by atoms with Crippen LogP contribution in [0.2, 0.25) is 0 Å². The molecule has 3 amide bonds. The molecule has 0 spiro atoms. The first-order valence-corrected chi connectivity index (χ1v) is 8.61. The minimum atomic E-state index is -0.820. The van der Waals surface area contributed by atoms with Crippen LogP contribution in [0.1, 0.15) is 23.7 Å². The van der Waals surface area contributed by atoms with E-state index in [1.807, 2.05) is 0 Å². The van der Waals surface area contributed by atoms with E-state index in [9.17, 15) is 23.2 Å². The molecule has 2 aromatic rings. The Hall–Kier alpha value is -3.42. The maximum absolute atomic E-state index is 14.0. The first kappa shape index (κ1) is 19.3. The fraction of sp³-hybridized carbons (Fsp3) is 0.200. The van der Waals surface area contributed by atoms with Gasteiger partial charge >= 0.3 is 0 Å². The summed E-state index contributed by atoms with van der Waals surface area (Å²) in [6.45, 7) is 1.59. The molecule has 2 aromatic carbocycles. The minimum Gasteiger partial charge on any atom is -0.352 e. The highest BCUT2D eigenvalue weighted by Gasteiger charge is 2.27. The van der Waals surface area contributed by atoms with Crippen molar-refractivity contribution in [3.63, 3.8) is 0 Å². The van der Waals surface area contributed by atoms with Gasteiger partial charge in [-0.25, -0.2) is 8.78 Å². The van der Waals surface area contributed by atoms with Gasteiger partial charge in [0.1, 0.15) is 23.4 Å². The van der Waals surface area contributed by atoms with Gasteiger partial charge in [0, 0.05) is 18.5 Å². The second-order valence-corrected chi connectivity index (χ2v) is 6.29. The van der Waals surface area contributed by atoms with Crippen molar-refractivity contribution < 1.29 is 23.2 Å². The van der Waals surface area contributed by atoms with Gasteiger partial charge in [0.25, 0.3) is 11.8 Å². The lowest BCUT2D eigenvalue weighted by atomic mass is 10.0. The number of carbonyl (C=O) groups is 3. The fourth-order valence-corrected chi connectivity index (χ4v) is 2.72. The van der Waals surface area contributed by atoms with E-state index in [4.69, 9.17) is 0 Å².